The number of aryl methyl sites for hydroxylation is 1. The van der Waals surface area contributed by atoms with E-state index in [1.54, 1.807) is 0 Å². The zero-order valence-corrected chi connectivity index (χ0v) is 11.5. The average molecular weight is 245 g/mol. The molecule has 0 atom stereocenters. The van der Waals surface area contributed by atoms with Crippen LogP contribution in [0.4, 0.5) is 0 Å². The summed E-state index contributed by atoms with van der Waals surface area (Å²) in [4.78, 5) is 1.38. The fourth-order valence-electron chi connectivity index (χ4n) is 1.76. The Morgan fingerprint density at radius 2 is 1.82 bits per heavy atom. The number of nitrogens with one attached hydrogen (secondary N) is 1. The molecule has 1 aromatic carbocycles. The van der Waals surface area contributed by atoms with Crippen molar-refractivity contribution in [1.82, 2.24) is 5.32 Å². The molecule has 0 saturated heterocycles. The predicted molar refractivity (Wildman–Crippen MR) is 76.5 cm³/mol. The van der Waals surface area contributed by atoms with E-state index in [9.17, 15) is 0 Å². The van der Waals surface area contributed by atoms with Crippen LogP contribution in [0.25, 0.3) is 10.4 Å². The lowest BCUT2D eigenvalue weighted by Gasteiger charge is -2.08. The molecular formula is C15H19NS. The van der Waals surface area contributed by atoms with Gasteiger partial charge in [-0.05, 0) is 35.1 Å². The molecule has 0 aliphatic carbocycles. The van der Waals surface area contributed by atoms with Crippen LogP contribution in [0.1, 0.15) is 25.0 Å². The molecule has 1 N–H and O–H groups in total. The van der Waals surface area contributed by atoms with Crippen molar-refractivity contribution in [3.8, 4) is 10.4 Å². The van der Waals surface area contributed by atoms with Gasteiger partial charge in [0.2, 0.25) is 0 Å². The molecule has 0 saturated carbocycles. The van der Waals surface area contributed by atoms with Gasteiger partial charge in [-0.3, -0.25) is 0 Å². The Kier molecular flexibility index (Phi) is 3.97. The minimum atomic E-state index is 0.536. The van der Waals surface area contributed by atoms with Gasteiger partial charge in [-0.2, -0.15) is 0 Å². The second kappa shape index (κ2) is 5.48. The van der Waals surface area contributed by atoms with Crippen molar-refractivity contribution in [2.24, 2.45) is 0 Å². The SMILES string of the molecule is Cc1ccsc1-c1ccc(CNC(C)C)cc1. The summed E-state index contributed by atoms with van der Waals surface area (Å²) in [6.07, 6.45) is 0. The maximum absolute atomic E-state index is 3.43. The van der Waals surface area contributed by atoms with Crippen LogP contribution in [0.3, 0.4) is 0 Å². The standard InChI is InChI=1S/C15H19NS/c1-11(2)16-10-13-4-6-14(7-5-13)15-12(3)8-9-17-15/h4-9,11,16H,10H2,1-3H3. The van der Waals surface area contributed by atoms with Crippen LogP contribution in [0, 0.1) is 6.92 Å². The van der Waals surface area contributed by atoms with Crippen LogP contribution in [0.5, 0.6) is 0 Å². The Morgan fingerprint density at radius 1 is 1.12 bits per heavy atom. The van der Waals surface area contributed by atoms with Gasteiger partial charge in [0.15, 0.2) is 0 Å². The smallest absolute Gasteiger partial charge is 0.0371 e. The van der Waals surface area contributed by atoms with Gasteiger partial charge in [-0.1, -0.05) is 38.1 Å². The van der Waals surface area contributed by atoms with E-state index in [-0.39, 0.29) is 0 Å². The quantitative estimate of drug-likeness (QED) is 0.850. The zero-order valence-electron chi connectivity index (χ0n) is 10.7. The molecule has 90 valence electrons. The van der Waals surface area contributed by atoms with Crippen LogP contribution in [0.15, 0.2) is 35.7 Å². The van der Waals surface area contributed by atoms with Gasteiger partial charge < -0.3 is 5.32 Å². The predicted octanol–water partition coefficient (Wildman–Crippen LogP) is 4.22. The first-order valence-corrected chi connectivity index (χ1v) is 6.91. The molecule has 2 aromatic rings. The van der Waals surface area contributed by atoms with Crippen molar-refractivity contribution in [2.45, 2.75) is 33.4 Å². The minimum absolute atomic E-state index is 0.536. The number of hydrogen-bond acceptors (Lipinski definition) is 2. The lowest BCUT2D eigenvalue weighted by atomic mass is 10.1. The lowest BCUT2D eigenvalue weighted by molar-refractivity contribution is 0.589. The van der Waals surface area contributed by atoms with E-state index in [1.807, 2.05) is 11.3 Å². The summed E-state index contributed by atoms with van der Waals surface area (Å²) in [6.45, 7) is 7.45. The van der Waals surface area contributed by atoms with Gasteiger partial charge in [-0.25, -0.2) is 0 Å². The molecule has 2 rings (SSSR count). The number of hydrogen-bond donors (Lipinski definition) is 1. The number of rotatable bonds is 4. The van der Waals surface area contributed by atoms with Crippen molar-refractivity contribution in [2.75, 3.05) is 0 Å². The van der Waals surface area contributed by atoms with Gasteiger partial charge in [0.1, 0.15) is 0 Å². The molecule has 0 spiro atoms. The first-order valence-electron chi connectivity index (χ1n) is 6.03. The van der Waals surface area contributed by atoms with Crippen LogP contribution >= 0.6 is 11.3 Å². The first-order chi connectivity index (χ1) is 8.16. The van der Waals surface area contributed by atoms with Crippen LogP contribution in [-0.2, 0) is 6.54 Å². The average Bonchev–Trinajstić information content (AvgIpc) is 2.73. The molecule has 1 nitrogen and oxygen atoms in total. The normalized spacial score (nSPS) is 11.1. The van der Waals surface area contributed by atoms with E-state index < -0.39 is 0 Å². The summed E-state index contributed by atoms with van der Waals surface area (Å²) in [5, 5.41) is 5.58. The van der Waals surface area contributed by atoms with Crippen molar-refractivity contribution in [3.63, 3.8) is 0 Å². The minimum Gasteiger partial charge on any atom is -0.310 e. The summed E-state index contributed by atoms with van der Waals surface area (Å²) in [5.74, 6) is 0. The molecular weight excluding hydrogens is 226 g/mol. The highest BCUT2D eigenvalue weighted by Crippen LogP contribution is 2.28. The second-order valence-electron chi connectivity index (χ2n) is 4.67. The molecule has 0 radical (unpaired) electrons. The zero-order chi connectivity index (χ0) is 12.3. The lowest BCUT2D eigenvalue weighted by Crippen LogP contribution is -2.21. The molecule has 0 fully saturated rings. The highest BCUT2D eigenvalue weighted by atomic mass is 32.1. The van der Waals surface area contributed by atoms with Gasteiger partial charge in [0.25, 0.3) is 0 Å². The molecule has 0 unspecified atom stereocenters. The third-order valence-corrected chi connectivity index (χ3v) is 3.86. The third kappa shape index (κ3) is 3.18. The summed E-state index contributed by atoms with van der Waals surface area (Å²) in [7, 11) is 0. The molecule has 2 heteroatoms. The molecule has 1 heterocycles. The third-order valence-electron chi connectivity index (χ3n) is 2.79. The van der Waals surface area contributed by atoms with Crippen LogP contribution in [0.2, 0.25) is 0 Å². The molecule has 0 amide bonds. The second-order valence-corrected chi connectivity index (χ2v) is 5.58. The fraction of sp³-hybridized carbons (Fsp3) is 0.333. The first kappa shape index (κ1) is 12.3. The Hall–Kier alpha value is -1.12. The molecule has 0 bridgehead atoms. The topological polar surface area (TPSA) is 12.0 Å². The molecule has 0 aliphatic heterocycles. The highest BCUT2D eigenvalue weighted by Gasteiger charge is 2.03. The van der Waals surface area contributed by atoms with Gasteiger partial charge in [-0.15, -0.1) is 11.3 Å². The largest absolute Gasteiger partial charge is 0.310 e. The maximum atomic E-state index is 3.43. The summed E-state index contributed by atoms with van der Waals surface area (Å²) < 4.78 is 0. The highest BCUT2D eigenvalue weighted by molar-refractivity contribution is 7.13. The number of benzene rings is 1. The van der Waals surface area contributed by atoms with Crippen LogP contribution in [-0.4, -0.2) is 6.04 Å². The van der Waals surface area contributed by atoms with E-state index >= 15 is 0 Å². The number of thiophene rings is 1. The Morgan fingerprint density at radius 3 is 2.35 bits per heavy atom. The molecule has 1 aromatic heterocycles. The van der Waals surface area contributed by atoms with E-state index in [0.29, 0.717) is 6.04 Å². The van der Waals surface area contributed by atoms with E-state index in [1.165, 1.54) is 21.6 Å². The summed E-state index contributed by atoms with van der Waals surface area (Å²) in [6, 6.07) is 11.6. The van der Waals surface area contributed by atoms with E-state index in [4.69, 9.17) is 0 Å². The van der Waals surface area contributed by atoms with Crippen molar-refractivity contribution in [1.29, 1.82) is 0 Å². The summed E-state index contributed by atoms with van der Waals surface area (Å²) >= 11 is 1.81. The Labute approximate surface area is 108 Å². The molecule has 17 heavy (non-hydrogen) atoms. The van der Waals surface area contributed by atoms with E-state index in [0.717, 1.165) is 6.54 Å². The van der Waals surface area contributed by atoms with Crippen molar-refractivity contribution < 1.29 is 0 Å². The van der Waals surface area contributed by atoms with E-state index in [2.05, 4.69) is 61.8 Å². The van der Waals surface area contributed by atoms with Gasteiger partial charge >= 0.3 is 0 Å². The fourth-order valence-corrected chi connectivity index (χ4v) is 2.70. The van der Waals surface area contributed by atoms with Crippen LogP contribution < -0.4 is 5.32 Å². The Balaban J connectivity index is 2.11. The monoisotopic (exact) mass is 245 g/mol. The molecule has 0 aliphatic rings. The van der Waals surface area contributed by atoms with Gasteiger partial charge in [0, 0.05) is 17.5 Å². The van der Waals surface area contributed by atoms with Crippen molar-refractivity contribution in [3.05, 3.63) is 46.8 Å². The Bertz CT molecular complexity index is 468. The maximum Gasteiger partial charge on any atom is 0.0371 e. The summed E-state index contributed by atoms with van der Waals surface area (Å²) in [5.41, 5.74) is 4.03. The van der Waals surface area contributed by atoms with Gasteiger partial charge in [0.05, 0.1) is 0 Å². The van der Waals surface area contributed by atoms with Crippen molar-refractivity contribution >= 4 is 11.3 Å².